The molecule has 0 radical (unpaired) electrons. The Kier molecular flexibility index (Phi) is 6.54. The van der Waals surface area contributed by atoms with E-state index in [-0.39, 0.29) is 23.8 Å². The van der Waals surface area contributed by atoms with Gasteiger partial charge < -0.3 is 15.0 Å². The number of nitrogens with zero attached hydrogens (tertiary/aromatic N) is 3. The van der Waals surface area contributed by atoms with Crippen LogP contribution >= 0.6 is 0 Å². The van der Waals surface area contributed by atoms with Gasteiger partial charge in [-0.2, -0.15) is 0 Å². The van der Waals surface area contributed by atoms with E-state index in [0.717, 1.165) is 47.6 Å². The first-order valence-electron chi connectivity index (χ1n) is 13.3. The van der Waals surface area contributed by atoms with Crippen LogP contribution in [0.3, 0.4) is 0 Å². The molecule has 3 aliphatic carbocycles. The number of benzene rings is 1. The molecular weight excluding hydrogens is 424 g/mol. The van der Waals surface area contributed by atoms with Crippen molar-refractivity contribution in [1.29, 1.82) is 0 Å². The maximum atomic E-state index is 13.2. The number of aromatic nitrogens is 3. The molecule has 0 bridgehead atoms. The second kappa shape index (κ2) is 9.44. The third kappa shape index (κ3) is 4.93. The van der Waals surface area contributed by atoms with Crippen molar-refractivity contribution in [3.8, 4) is 0 Å². The maximum Gasteiger partial charge on any atom is 0.225 e. The van der Waals surface area contributed by atoms with Gasteiger partial charge in [-0.15, -0.1) is 10.2 Å². The third-order valence-corrected chi connectivity index (χ3v) is 8.18. The van der Waals surface area contributed by atoms with Crippen LogP contribution in [0.25, 0.3) is 0 Å². The van der Waals surface area contributed by atoms with Gasteiger partial charge >= 0.3 is 0 Å². The number of aliphatic hydroxyl groups excluding tert-OH is 1. The lowest BCUT2D eigenvalue weighted by atomic mass is 9.70. The molecule has 3 saturated carbocycles. The molecule has 0 saturated heterocycles. The van der Waals surface area contributed by atoms with E-state index < -0.39 is 0 Å². The minimum absolute atomic E-state index is 0.00235. The number of carbonyl (C=O) groups excluding carboxylic acids is 1. The van der Waals surface area contributed by atoms with Crippen molar-refractivity contribution in [3.63, 3.8) is 0 Å². The maximum absolute atomic E-state index is 13.2. The predicted octanol–water partition coefficient (Wildman–Crippen LogP) is 5.65. The third-order valence-electron chi connectivity index (χ3n) is 8.18. The highest BCUT2D eigenvalue weighted by Crippen LogP contribution is 2.49. The fourth-order valence-corrected chi connectivity index (χ4v) is 6.14. The number of aliphatic hydroxyl groups is 1. The van der Waals surface area contributed by atoms with Crippen LogP contribution in [-0.4, -0.2) is 31.9 Å². The summed E-state index contributed by atoms with van der Waals surface area (Å²) in [5.41, 5.74) is 3.14. The SMILES string of the molecule is Cc1ccc(NC(=O)C[C@@H](c2nnc([C@H]3C[C@@H](CC(C)C)C3)n2C2CC2)[C@H]2C[C@@H](O)C2)c(C)c1. The van der Waals surface area contributed by atoms with Gasteiger partial charge in [-0.1, -0.05) is 31.5 Å². The van der Waals surface area contributed by atoms with Gasteiger partial charge in [-0.05, 0) is 88.2 Å². The number of aryl methyl sites for hydroxylation is 2. The number of anilines is 1. The van der Waals surface area contributed by atoms with E-state index >= 15 is 0 Å². The molecule has 6 nitrogen and oxygen atoms in total. The molecular formula is C28H40N4O2. The molecule has 3 fully saturated rings. The molecule has 2 aromatic rings. The summed E-state index contributed by atoms with van der Waals surface area (Å²) in [6, 6.07) is 6.60. The minimum Gasteiger partial charge on any atom is -0.393 e. The summed E-state index contributed by atoms with van der Waals surface area (Å²) in [5.74, 6) is 4.49. The van der Waals surface area contributed by atoms with Gasteiger partial charge in [0.15, 0.2) is 0 Å². The van der Waals surface area contributed by atoms with E-state index in [1.165, 1.54) is 37.7 Å². The zero-order chi connectivity index (χ0) is 24.0. The zero-order valence-corrected chi connectivity index (χ0v) is 21.1. The van der Waals surface area contributed by atoms with Crippen LogP contribution in [0.2, 0.25) is 0 Å². The first-order chi connectivity index (χ1) is 16.3. The summed E-state index contributed by atoms with van der Waals surface area (Å²) in [5, 5.41) is 22.6. The van der Waals surface area contributed by atoms with Crippen LogP contribution in [0, 0.1) is 31.6 Å². The lowest BCUT2D eigenvalue weighted by Gasteiger charge is -2.38. The summed E-state index contributed by atoms with van der Waals surface area (Å²) in [4.78, 5) is 13.2. The van der Waals surface area contributed by atoms with E-state index in [1.54, 1.807) is 0 Å². The first kappa shape index (κ1) is 23.5. The first-order valence-corrected chi connectivity index (χ1v) is 13.3. The number of rotatable bonds is 9. The summed E-state index contributed by atoms with van der Waals surface area (Å²) >= 11 is 0. The van der Waals surface area contributed by atoms with Crippen molar-refractivity contribution in [2.24, 2.45) is 17.8 Å². The average molecular weight is 465 g/mol. The van der Waals surface area contributed by atoms with Gasteiger partial charge in [0.05, 0.1) is 6.10 Å². The highest BCUT2D eigenvalue weighted by atomic mass is 16.3. The van der Waals surface area contributed by atoms with E-state index in [1.807, 2.05) is 19.1 Å². The molecule has 1 amide bonds. The Labute approximate surface area is 203 Å². The molecule has 6 heteroatoms. The van der Waals surface area contributed by atoms with Crippen LogP contribution in [0.5, 0.6) is 0 Å². The van der Waals surface area contributed by atoms with E-state index in [4.69, 9.17) is 10.2 Å². The Morgan fingerprint density at radius 3 is 2.50 bits per heavy atom. The van der Waals surface area contributed by atoms with Crippen molar-refractivity contribution >= 4 is 11.6 Å². The zero-order valence-electron chi connectivity index (χ0n) is 21.1. The lowest BCUT2D eigenvalue weighted by molar-refractivity contribution is -0.117. The average Bonchev–Trinajstić information content (AvgIpc) is 3.47. The molecule has 1 heterocycles. The van der Waals surface area contributed by atoms with Crippen molar-refractivity contribution in [2.75, 3.05) is 5.32 Å². The lowest BCUT2D eigenvalue weighted by Crippen LogP contribution is -2.36. The molecule has 184 valence electrons. The monoisotopic (exact) mass is 464 g/mol. The van der Waals surface area contributed by atoms with Crippen LogP contribution in [0.1, 0.15) is 106 Å². The van der Waals surface area contributed by atoms with E-state index in [0.29, 0.717) is 18.4 Å². The summed E-state index contributed by atoms with van der Waals surface area (Å²) < 4.78 is 2.41. The Morgan fingerprint density at radius 1 is 1.15 bits per heavy atom. The summed E-state index contributed by atoms with van der Waals surface area (Å²) in [6.07, 6.45) is 7.69. The number of amides is 1. The largest absolute Gasteiger partial charge is 0.393 e. The topological polar surface area (TPSA) is 80.0 Å². The van der Waals surface area contributed by atoms with Crippen molar-refractivity contribution in [2.45, 2.75) is 103 Å². The highest BCUT2D eigenvalue weighted by Gasteiger charge is 2.43. The molecule has 1 atom stereocenters. The van der Waals surface area contributed by atoms with Crippen LogP contribution < -0.4 is 5.32 Å². The smallest absolute Gasteiger partial charge is 0.225 e. The Morgan fingerprint density at radius 2 is 1.88 bits per heavy atom. The number of hydrogen-bond acceptors (Lipinski definition) is 4. The van der Waals surface area contributed by atoms with E-state index in [2.05, 4.69) is 36.7 Å². The van der Waals surface area contributed by atoms with Gasteiger partial charge in [0, 0.05) is 30.0 Å². The minimum atomic E-state index is -0.255. The summed E-state index contributed by atoms with van der Waals surface area (Å²) in [6.45, 7) is 8.70. The van der Waals surface area contributed by atoms with Gasteiger partial charge in [0.25, 0.3) is 0 Å². The van der Waals surface area contributed by atoms with Crippen LogP contribution in [-0.2, 0) is 4.79 Å². The van der Waals surface area contributed by atoms with Gasteiger partial charge in [0.2, 0.25) is 5.91 Å². The number of carbonyl (C=O) groups is 1. The summed E-state index contributed by atoms with van der Waals surface area (Å²) in [7, 11) is 0. The molecule has 1 aromatic carbocycles. The molecule has 34 heavy (non-hydrogen) atoms. The number of nitrogens with one attached hydrogen (secondary N) is 1. The molecule has 1 aromatic heterocycles. The van der Waals surface area contributed by atoms with Gasteiger partial charge in [0.1, 0.15) is 11.6 Å². The molecule has 0 unspecified atom stereocenters. The Bertz CT molecular complexity index is 1030. The second-order valence-corrected chi connectivity index (χ2v) is 11.7. The molecule has 3 aliphatic rings. The van der Waals surface area contributed by atoms with Gasteiger partial charge in [-0.3, -0.25) is 4.79 Å². The second-order valence-electron chi connectivity index (χ2n) is 11.7. The normalized spacial score (nSPS) is 27.2. The molecule has 0 spiro atoms. The quantitative estimate of drug-likeness (QED) is 0.502. The Balaban J connectivity index is 1.35. The van der Waals surface area contributed by atoms with Crippen LogP contribution in [0.4, 0.5) is 5.69 Å². The Hall–Kier alpha value is -2.21. The van der Waals surface area contributed by atoms with E-state index in [9.17, 15) is 9.90 Å². The number of hydrogen-bond donors (Lipinski definition) is 2. The highest BCUT2D eigenvalue weighted by molar-refractivity contribution is 5.92. The standard InChI is InChI=1S/C28H40N4O2/c1-16(2)9-19-11-21(12-19)27-30-31-28(32(27)22-6-7-22)24(20-13-23(33)14-20)15-26(34)29-25-8-5-17(3)10-18(25)4/h5,8,10,16,19-24,33H,6-7,9,11-15H2,1-4H3,(H,29,34)/t19-,20-,21+,23+,24-/m1/s1. The molecule has 5 rings (SSSR count). The molecule has 0 aliphatic heterocycles. The van der Waals surface area contributed by atoms with Crippen molar-refractivity contribution < 1.29 is 9.90 Å². The van der Waals surface area contributed by atoms with Crippen molar-refractivity contribution in [1.82, 2.24) is 14.8 Å². The van der Waals surface area contributed by atoms with Crippen LogP contribution in [0.15, 0.2) is 18.2 Å². The fourth-order valence-electron chi connectivity index (χ4n) is 6.14. The fraction of sp³-hybridized carbons (Fsp3) is 0.679. The van der Waals surface area contributed by atoms with Gasteiger partial charge in [-0.25, -0.2) is 0 Å². The molecule has 2 N–H and O–H groups in total. The predicted molar refractivity (Wildman–Crippen MR) is 134 cm³/mol. The van der Waals surface area contributed by atoms with Crippen molar-refractivity contribution in [3.05, 3.63) is 41.0 Å².